The van der Waals surface area contributed by atoms with Gasteiger partial charge in [-0.25, -0.2) is 4.98 Å². The molecule has 2 atom stereocenters. The van der Waals surface area contributed by atoms with Gasteiger partial charge in [0.15, 0.2) is 0 Å². The van der Waals surface area contributed by atoms with Crippen molar-refractivity contribution in [1.82, 2.24) is 14.9 Å². The molecule has 1 aromatic carbocycles. The number of H-pyrrole nitrogens is 1. The molecule has 0 saturated carbocycles. The van der Waals surface area contributed by atoms with Crippen molar-refractivity contribution in [3.05, 3.63) is 59.4 Å². The molecule has 0 spiro atoms. The van der Waals surface area contributed by atoms with Gasteiger partial charge in [0.05, 0.1) is 12.7 Å². The summed E-state index contributed by atoms with van der Waals surface area (Å²) < 4.78 is 5.57. The fourth-order valence-electron chi connectivity index (χ4n) is 5.77. The van der Waals surface area contributed by atoms with Crippen LogP contribution in [0.15, 0.2) is 42.6 Å². The molecule has 4 heterocycles. The number of piperidine rings is 1. The third-order valence-corrected chi connectivity index (χ3v) is 7.16. The SMILES string of the molecule is COc1ccccc1C1(O)C[C@H]2CC[C@H](C1)N2Cc1c(C(C)C)[nH]c2ncccc12. The normalized spacial score (nSPS) is 26.6. The maximum Gasteiger partial charge on any atom is 0.137 e. The number of hydrogen-bond acceptors (Lipinski definition) is 4. The summed E-state index contributed by atoms with van der Waals surface area (Å²) in [6, 6.07) is 12.9. The molecule has 3 aromatic rings. The molecule has 5 rings (SSSR count). The molecule has 5 nitrogen and oxygen atoms in total. The third kappa shape index (κ3) is 3.12. The second-order valence-corrected chi connectivity index (χ2v) is 9.27. The zero-order valence-electron chi connectivity index (χ0n) is 18.1. The van der Waals surface area contributed by atoms with Crippen molar-refractivity contribution < 1.29 is 9.84 Å². The van der Waals surface area contributed by atoms with Crippen LogP contribution in [0.5, 0.6) is 5.75 Å². The zero-order chi connectivity index (χ0) is 20.9. The van der Waals surface area contributed by atoms with Gasteiger partial charge in [-0.15, -0.1) is 0 Å². The highest BCUT2D eigenvalue weighted by molar-refractivity contribution is 5.81. The third-order valence-electron chi connectivity index (χ3n) is 7.16. The van der Waals surface area contributed by atoms with E-state index < -0.39 is 5.60 Å². The van der Waals surface area contributed by atoms with E-state index in [0.717, 1.165) is 49.2 Å². The van der Waals surface area contributed by atoms with E-state index in [1.54, 1.807) is 7.11 Å². The number of methoxy groups -OCH3 is 1. The molecular formula is C25H31N3O2. The zero-order valence-corrected chi connectivity index (χ0v) is 18.1. The van der Waals surface area contributed by atoms with E-state index in [1.807, 2.05) is 36.5 Å². The van der Waals surface area contributed by atoms with Crippen molar-refractivity contribution in [3.8, 4) is 5.75 Å². The van der Waals surface area contributed by atoms with Crippen LogP contribution in [0, 0.1) is 0 Å². The van der Waals surface area contributed by atoms with Crippen LogP contribution in [0.2, 0.25) is 0 Å². The molecule has 2 N–H and O–H groups in total. The fourth-order valence-corrected chi connectivity index (χ4v) is 5.77. The van der Waals surface area contributed by atoms with Crippen LogP contribution in [-0.4, -0.2) is 39.2 Å². The number of hydrogen-bond donors (Lipinski definition) is 2. The van der Waals surface area contributed by atoms with E-state index in [9.17, 15) is 5.11 Å². The lowest BCUT2D eigenvalue weighted by atomic mass is 9.80. The number of aromatic amines is 1. The summed E-state index contributed by atoms with van der Waals surface area (Å²) in [5.41, 5.74) is 3.74. The first-order valence-electron chi connectivity index (χ1n) is 11.1. The molecule has 2 aliphatic heterocycles. The van der Waals surface area contributed by atoms with Crippen LogP contribution in [-0.2, 0) is 12.1 Å². The molecule has 0 radical (unpaired) electrons. The second kappa shape index (κ2) is 7.40. The van der Waals surface area contributed by atoms with Crippen molar-refractivity contribution in [1.29, 1.82) is 0 Å². The molecule has 2 saturated heterocycles. The van der Waals surface area contributed by atoms with Gasteiger partial charge >= 0.3 is 0 Å². The Hall–Kier alpha value is -2.37. The molecule has 158 valence electrons. The average molecular weight is 406 g/mol. The highest BCUT2D eigenvalue weighted by Gasteiger charge is 2.49. The minimum atomic E-state index is -0.822. The maximum atomic E-state index is 11.7. The Balaban J connectivity index is 1.46. The van der Waals surface area contributed by atoms with E-state index in [0.29, 0.717) is 18.0 Å². The number of ether oxygens (including phenoxy) is 1. The molecule has 2 fully saturated rings. The van der Waals surface area contributed by atoms with E-state index >= 15 is 0 Å². The Kier molecular flexibility index (Phi) is 4.83. The van der Waals surface area contributed by atoms with Gasteiger partial charge in [0, 0.05) is 41.5 Å². The maximum absolute atomic E-state index is 11.7. The first-order chi connectivity index (χ1) is 14.5. The summed E-state index contributed by atoms with van der Waals surface area (Å²) in [6.45, 7) is 5.38. The molecule has 0 amide bonds. The summed E-state index contributed by atoms with van der Waals surface area (Å²) >= 11 is 0. The summed E-state index contributed by atoms with van der Waals surface area (Å²) in [5, 5.41) is 12.9. The molecule has 2 bridgehead atoms. The van der Waals surface area contributed by atoms with Crippen molar-refractivity contribution in [2.24, 2.45) is 0 Å². The minimum absolute atomic E-state index is 0.375. The van der Waals surface area contributed by atoms with Gasteiger partial charge in [0.2, 0.25) is 0 Å². The van der Waals surface area contributed by atoms with E-state index in [2.05, 4.69) is 34.8 Å². The number of nitrogens with zero attached hydrogens (tertiary/aromatic N) is 2. The summed E-state index contributed by atoms with van der Waals surface area (Å²) in [7, 11) is 1.68. The number of nitrogens with one attached hydrogen (secondary N) is 1. The first-order valence-corrected chi connectivity index (χ1v) is 11.1. The predicted octanol–water partition coefficient (Wildman–Crippen LogP) is 4.71. The second-order valence-electron chi connectivity index (χ2n) is 9.27. The van der Waals surface area contributed by atoms with Crippen LogP contribution in [0.1, 0.15) is 62.3 Å². The number of benzene rings is 1. The standard InChI is InChI=1S/C25H31N3O2/c1-16(2)23-20(19-7-6-12-26-24(19)27-23)15-28-17-10-11-18(28)14-25(29,13-17)21-8-4-5-9-22(21)30-3/h4-9,12,16-18,29H,10-11,13-15H2,1-3H3,(H,26,27)/t17-,18-/m1/s1. The van der Waals surface area contributed by atoms with Crippen molar-refractivity contribution in [3.63, 3.8) is 0 Å². The van der Waals surface area contributed by atoms with Gasteiger partial charge in [-0.3, -0.25) is 4.90 Å². The topological polar surface area (TPSA) is 61.4 Å². The van der Waals surface area contributed by atoms with Crippen LogP contribution in [0.25, 0.3) is 11.0 Å². The lowest BCUT2D eigenvalue weighted by Gasteiger charge is -2.44. The van der Waals surface area contributed by atoms with Crippen LogP contribution in [0.3, 0.4) is 0 Å². The number of aromatic nitrogens is 2. The largest absolute Gasteiger partial charge is 0.496 e. The number of pyridine rings is 1. The molecule has 0 aliphatic carbocycles. The highest BCUT2D eigenvalue weighted by Crippen LogP contribution is 2.48. The Morgan fingerprint density at radius 1 is 1.17 bits per heavy atom. The Morgan fingerprint density at radius 3 is 2.60 bits per heavy atom. The van der Waals surface area contributed by atoms with Crippen molar-refractivity contribution in [2.45, 2.75) is 69.7 Å². The summed E-state index contributed by atoms with van der Waals surface area (Å²) in [5.74, 6) is 1.21. The van der Waals surface area contributed by atoms with E-state index in [1.165, 1.54) is 16.6 Å². The Bertz CT molecular complexity index is 1040. The molecule has 30 heavy (non-hydrogen) atoms. The number of aliphatic hydroxyl groups is 1. The molecule has 5 heteroatoms. The number of rotatable bonds is 5. The van der Waals surface area contributed by atoms with Crippen LogP contribution < -0.4 is 4.74 Å². The average Bonchev–Trinajstić information content (AvgIpc) is 3.24. The highest BCUT2D eigenvalue weighted by atomic mass is 16.5. The molecule has 0 unspecified atom stereocenters. The van der Waals surface area contributed by atoms with Crippen molar-refractivity contribution in [2.75, 3.05) is 7.11 Å². The summed E-state index contributed by atoms with van der Waals surface area (Å²) in [6.07, 6.45) is 5.63. The van der Waals surface area contributed by atoms with Crippen LogP contribution >= 0.6 is 0 Å². The van der Waals surface area contributed by atoms with Gasteiger partial charge in [-0.1, -0.05) is 32.0 Å². The monoisotopic (exact) mass is 405 g/mol. The lowest BCUT2D eigenvalue weighted by molar-refractivity contribution is -0.0606. The number of para-hydroxylation sites is 1. The summed E-state index contributed by atoms with van der Waals surface area (Å²) in [4.78, 5) is 10.7. The van der Waals surface area contributed by atoms with Crippen molar-refractivity contribution >= 4 is 11.0 Å². The molecular weight excluding hydrogens is 374 g/mol. The van der Waals surface area contributed by atoms with Gasteiger partial charge in [0.25, 0.3) is 0 Å². The predicted molar refractivity (Wildman–Crippen MR) is 119 cm³/mol. The van der Waals surface area contributed by atoms with Crippen LogP contribution in [0.4, 0.5) is 0 Å². The van der Waals surface area contributed by atoms with Gasteiger partial charge < -0.3 is 14.8 Å². The number of fused-ring (bicyclic) bond motifs is 3. The first kappa shape index (κ1) is 19.6. The van der Waals surface area contributed by atoms with E-state index in [-0.39, 0.29) is 0 Å². The van der Waals surface area contributed by atoms with Gasteiger partial charge in [0.1, 0.15) is 11.4 Å². The van der Waals surface area contributed by atoms with Gasteiger partial charge in [-0.05, 0) is 55.4 Å². The Labute approximate surface area is 178 Å². The minimum Gasteiger partial charge on any atom is -0.496 e. The Morgan fingerprint density at radius 2 is 1.90 bits per heavy atom. The molecule has 2 aliphatic rings. The lowest BCUT2D eigenvalue weighted by Crippen LogP contribution is -2.49. The molecule has 2 aromatic heterocycles. The quantitative estimate of drug-likeness (QED) is 0.645. The smallest absolute Gasteiger partial charge is 0.137 e. The van der Waals surface area contributed by atoms with Gasteiger partial charge in [-0.2, -0.15) is 0 Å². The van der Waals surface area contributed by atoms with E-state index in [4.69, 9.17) is 4.74 Å². The fraction of sp³-hybridized carbons (Fsp3) is 0.480.